The summed E-state index contributed by atoms with van der Waals surface area (Å²) in [6, 6.07) is 4.13. The predicted octanol–water partition coefficient (Wildman–Crippen LogP) is 1.73. The maximum atomic E-state index is 13.0. The standard InChI is InChI=1S/C15H21ClFN3O2/c16-13-11-12(1-2-14(13)17)19-15(21)3-4-18-5-6-20-7-9-22-10-8-20/h1-2,11,18H,3-10H2,(H,19,21). The van der Waals surface area contributed by atoms with Crippen molar-refractivity contribution >= 4 is 23.2 Å². The minimum Gasteiger partial charge on any atom is -0.379 e. The van der Waals surface area contributed by atoms with Crippen molar-refractivity contribution in [2.75, 3.05) is 51.3 Å². The molecule has 0 atom stereocenters. The van der Waals surface area contributed by atoms with Gasteiger partial charge < -0.3 is 15.4 Å². The van der Waals surface area contributed by atoms with Crippen LogP contribution in [0.25, 0.3) is 0 Å². The number of benzene rings is 1. The Morgan fingerprint density at radius 3 is 2.82 bits per heavy atom. The SMILES string of the molecule is O=C(CCNCCN1CCOCC1)Nc1ccc(F)c(Cl)c1. The highest BCUT2D eigenvalue weighted by Gasteiger charge is 2.09. The molecule has 2 N–H and O–H groups in total. The Morgan fingerprint density at radius 1 is 1.32 bits per heavy atom. The molecule has 0 radical (unpaired) electrons. The summed E-state index contributed by atoms with van der Waals surface area (Å²) in [4.78, 5) is 14.1. The molecule has 0 aliphatic carbocycles. The Hall–Kier alpha value is -1.21. The molecule has 1 heterocycles. The van der Waals surface area contributed by atoms with Gasteiger partial charge in [-0.15, -0.1) is 0 Å². The van der Waals surface area contributed by atoms with Crippen LogP contribution in [0.4, 0.5) is 10.1 Å². The number of nitrogens with zero attached hydrogens (tertiary/aromatic N) is 1. The average Bonchev–Trinajstić information content (AvgIpc) is 2.52. The zero-order valence-corrected chi connectivity index (χ0v) is 13.2. The van der Waals surface area contributed by atoms with Crippen LogP contribution in [0.5, 0.6) is 0 Å². The smallest absolute Gasteiger partial charge is 0.225 e. The topological polar surface area (TPSA) is 53.6 Å². The van der Waals surface area contributed by atoms with Crippen LogP contribution in [0.3, 0.4) is 0 Å². The van der Waals surface area contributed by atoms with E-state index in [1.165, 1.54) is 18.2 Å². The second kappa shape index (κ2) is 9.05. The number of anilines is 1. The number of ether oxygens (including phenoxy) is 1. The van der Waals surface area contributed by atoms with Gasteiger partial charge in [-0.2, -0.15) is 0 Å². The van der Waals surface area contributed by atoms with E-state index in [0.29, 0.717) is 18.7 Å². The van der Waals surface area contributed by atoms with Crippen LogP contribution in [-0.2, 0) is 9.53 Å². The number of morpholine rings is 1. The summed E-state index contributed by atoms with van der Waals surface area (Å²) >= 11 is 5.66. The third-order valence-corrected chi connectivity index (χ3v) is 3.73. The van der Waals surface area contributed by atoms with Gasteiger partial charge in [0.1, 0.15) is 5.82 Å². The number of hydrogen-bond donors (Lipinski definition) is 2. The molecule has 1 aliphatic heterocycles. The van der Waals surface area contributed by atoms with Crippen molar-refractivity contribution in [3.8, 4) is 0 Å². The van der Waals surface area contributed by atoms with E-state index in [4.69, 9.17) is 16.3 Å². The van der Waals surface area contributed by atoms with E-state index in [1.807, 2.05) is 0 Å². The molecule has 0 aromatic heterocycles. The normalized spacial score (nSPS) is 15.7. The summed E-state index contributed by atoms with van der Waals surface area (Å²) in [6.45, 7) is 5.92. The van der Waals surface area contributed by atoms with E-state index in [0.717, 1.165) is 39.4 Å². The molecule has 1 aliphatic rings. The number of halogens is 2. The fourth-order valence-electron chi connectivity index (χ4n) is 2.19. The van der Waals surface area contributed by atoms with Gasteiger partial charge in [-0.1, -0.05) is 11.6 Å². The number of rotatable bonds is 7. The molecule has 22 heavy (non-hydrogen) atoms. The van der Waals surface area contributed by atoms with Crippen molar-refractivity contribution in [1.29, 1.82) is 0 Å². The predicted molar refractivity (Wildman–Crippen MR) is 84.8 cm³/mol. The molecule has 0 spiro atoms. The second-order valence-electron chi connectivity index (χ2n) is 5.13. The summed E-state index contributed by atoms with van der Waals surface area (Å²) in [5.41, 5.74) is 0.504. The molecular weight excluding hydrogens is 309 g/mol. The van der Waals surface area contributed by atoms with Gasteiger partial charge in [0, 0.05) is 44.8 Å². The van der Waals surface area contributed by atoms with Crippen LogP contribution in [0.2, 0.25) is 5.02 Å². The zero-order valence-electron chi connectivity index (χ0n) is 12.4. The van der Waals surface area contributed by atoms with Gasteiger partial charge in [0.25, 0.3) is 0 Å². The molecule has 2 rings (SSSR count). The monoisotopic (exact) mass is 329 g/mol. The van der Waals surface area contributed by atoms with Crippen molar-refractivity contribution in [1.82, 2.24) is 10.2 Å². The molecule has 1 amide bonds. The summed E-state index contributed by atoms with van der Waals surface area (Å²) in [5, 5.41) is 5.94. The van der Waals surface area contributed by atoms with Crippen molar-refractivity contribution in [2.24, 2.45) is 0 Å². The molecule has 122 valence electrons. The molecule has 1 aromatic carbocycles. The molecule has 1 aromatic rings. The maximum absolute atomic E-state index is 13.0. The zero-order chi connectivity index (χ0) is 15.8. The lowest BCUT2D eigenvalue weighted by molar-refractivity contribution is -0.116. The summed E-state index contributed by atoms with van der Waals surface area (Å²) in [5.74, 6) is -0.619. The van der Waals surface area contributed by atoms with Gasteiger partial charge in [-0.25, -0.2) is 4.39 Å². The minimum atomic E-state index is -0.496. The number of carbonyl (C=O) groups excluding carboxylic acids is 1. The third kappa shape index (κ3) is 5.88. The third-order valence-electron chi connectivity index (χ3n) is 3.44. The van der Waals surface area contributed by atoms with Gasteiger partial charge >= 0.3 is 0 Å². The molecule has 7 heteroatoms. The average molecular weight is 330 g/mol. The Bertz CT molecular complexity index is 496. The Kier molecular flexibility index (Phi) is 7.05. The van der Waals surface area contributed by atoms with Crippen LogP contribution in [0.15, 0.2) is 18.2 Å². The highest BCUT2D eigenvalue weighted by atomic mass is 35.5. The van der Waals surface area contributed by atoms with Crippen LogP contribution < -0.4 is 10.6 Å². The van der Waals surface area contributed by atoms with Crippen molar-refractivity contribution < 1.29 is 13.9 Å². The summed E-state index contributed by atoms with van der Waals surface area (Å²) < 4.78 is 18.3. The summed E-state index contributed by atoms with van der Waals surface area (Å²) in [6.07, 6.45) is 0.359. The first-order chi connectivity index (χ1) is 10.6. The van der Waals surface area contributed by atoms with E-state index < -0.39 is 5.82 Å². The summed E-state index contributed by atoms with van der Waals surface area (Å²) in [7, 11) is 0. The lowest BCUT2D eigenvalue weighted by Gasteiger charge is -2.26. The molecule has 1 fully saturated rings. The van der Waals surface area contributed by atoms with Gasteiger partial charge in [-0.05, 0) is 18.2 Å². The maximum Gasteiger partial charge on any atom is 0.225 e. The van der Waals surface area contributed by atoms with E-state index in [-0.39, 0.29) is 10.9 Å². The Labute approximate surface area is 134 Å². The largest absolute Gasteiger partial charge is 0.379 e. The van der Waals surface area contributed by atoms with Gasteiger partial charge in [-0.3, -0.25) is 9.69 Å². The molecule has 0 bridgehead atoms. The van der Waals surface area contributed by atoms with Crippen molar-refractivity contribution in [2.45, 2.75) is 6.42 Å². The highest BCUT2D eigenvalue weighted by molar-refractivity contribution is 6.31. The number of carbonyl (C=O) groups is 1. The van der Waals surface area contributed by atoms with Crippen molar-refractivity contribution in [3.63, 3.8) is 0 Å². The van der Waals surface area contributed by atoms with Crippen LogP contribution >= 0.6 is 11.6 Å². The number of nitrogens with one attached hydrogen (secondary N) is 2. The highest BCUT2D eigenvalue weighted by Crippen LogP contribution is 2.19. The second-order valence-corrected chi connectivity index (χ2v) is 5.54. The van der Waals surface area contributed by atoms with Gasteiger partial charge in [0.05, 0.1) is 18.2 Å². The first-order valence-electron chi connectivity index (χ1n) is 7.41. The Balaban J connectivity index is 1.58. The lowest BCUT2D eigenvalue weighted by Crippen LogP contribution is -2.40. The quantitative estimate of drug-likeness (QED) is 0.748. The fourth-order valence-corrected chi connectivity index (χ4v) is 2.37. The molecule has 0 unspecified atom stereocenters. The fraction of sp³-hybridized carbons (Fsp3) is 0.533. The van der Waals surface area contributed by atoms with Crippen molar-refractivity contribution in [3.05, 3.63) is 29.0 Å². The first kappa shape index (κ1) is 17.1. The number of hydrogen-bond acceptors (Lipinski definition) is 4. The van der Waals surface area contributed by atoms with E-state index in [1.54, 1.807) is 0 Å². The van der Waals surface area contributed by atoms with Crippen LogP contribution in [-0.4, -0.2) is 56.7 Å². The Morgan fingerprint density at radius 2 is 2.09 bits per heavy atom. The van der Waals surface area contributed by atoms with Crippen LogP contribution in [0.1, 0.15) is 6.42 Å². The van der Waals surface area contributed by atoms with Crippen LogP contribution in [0, 0.1) is 5.82 Å². The van der Waals surface area contributed by atoms with Gasteiger partial charge in [0.15, 0.2) is 0 Å². The van der Waals surface area contributed by atoms with E-state index in [9.17, 15) is 9.18 Å². The van der Waals surface area contributed by atoms with E-state index >= 15 is 0 Å². The number of amides is 1. The lowest BCUT2D eigenvalue weighted by atomic mass is 10.3. The minimum absolute atomic E-state index is 0.00133. The molecule has 1 saturated heterocycles. The molecule has 0 saturated carbocycles. The van der Waals surface area contributed by atoms with Gasteiger partial charge in [0.2, 0.25) is 5.91 Å². The van der Waals surface area contributed by atoms with E-state index in [2.05, 4.69) is 15.5 Å². The first-order valence-corrected chi connectivity index (χ1v) is 7.78. The molecular formula is C15H21ClFN3O2. The molecule has 5 nitrogen and oxygen atoms in total.